The monoisotopic (exact) mass is 336 g/mol. The van der Waals surface area contributed by atoms with E-state index in [1.807, 2.05) is 13.8 Å². The first kappa shape index (κ1) is 15.7. The van der Waals surface area contributed by atoms with Crippen molar-refractivity contribution in [1.29, 1.82) is 0 Å². The minimum Gasteiger partial charge on any atom is -0.454 e. The Balaban J connectivity index is 4.37. The van der Waals surface area contributed by atoms with E-state index in [4.69, 9.17) is 4.74 Å². The first-order valence-electron chi connectivity index (χ1n) is 5.44. The van der Waals surface area contributed by atoms with Crippen molar-refractivity contribution < 1.29 is 9.53 Å². The number of carbonyl (C=O) groups excluding carboxylic acids is 1. The number of allylic oxidation sites excluding steroid dienone is 2. The predicted molar refractivity (Wildman–Crippen MR) is 76.8 cm³/mol. The Morgan fingerprint density at radius 3 is 2.50 bits per heavy atom. The molecule has 0 N–H and O–H groups in total. The number of ether oxygens (including phenoxy) is 1. The van der Waals surface area contributed by atoms with Crippen molar-refractivity contribution in [2.45, 2.75) is 50.1 Å². The molecule has 0 aliphatic carbocycles. The summed E-state index contributed by atoms with van der Waals surface area (Å²) in [7, 11) is 0. The second-order valence-electron chi connectivity index (χ2n) is 4.37. The van der Waals surface area contributed by atoms with Gasteiger partial charge in [0.15, 0.2) is 0 Å². The van der Waals surface area contributed by atoms with Crippen LogP contribution in [0.3, 0.4) is 0 Å². The van der Waals surface area contributed by atoms with Crippen LogP contribution in [0.5, 0.6) is 0 Å². The minimum atomic E-state index is -0.553. The Morgan fingerprint density at radius 1 is 1.56 bits per heavy atom. The first-order valence-corrected chi connectivity index (χ1v) is 6.69. The van der Waals surface area contributed by atoms with Gasteiger partial charge in [-0.2, -0.15) is 0 Å². The number of rotatable bonds is 6. The van der Waals surface area contributed by atoms with Gasteiger partial charge in [0.1, 0.15) is 9.53 Å². The molecule has 92 valence electrons. The summed E-state index contributed by atoms with van der Waals surface area (Å²) >= 11 is 2.05. The lowest BCUT2D eigenvalue weighted by Gasteiger charge is -2.26. The van der Waals surface area contributed by atoms with Crippen LogP contribution in [0.15, 0.2) is 24.3 Å². The van der Waals surface area contributed by atoms with Crippen molar-refractivity contribution in [3.8, 4) is 0 Å². The van der Waals surface area contributed by atoms with Crippen LogP contribution in [0.1, 0.15) is 40.5 Å². The molecule has 0 aromatic rings. The molecule has 0 bridgehead atoms. The van der Waals surface area contributed by atoms with Crippen molar-refractivity contribution in [3.05, 3.63) is 24.3 Å². The third-order valence-corrected chi connectivity index (χ3v) is 2.79. The largest absolute Gasteiger partial charge is 0.454 e. The summed E-state index contributed by atoms with van der Waals surface area (Å²) in [5.74, 6) is -0.180. The van der Waals surface area contributed by atoms with E-state index in [1.165, 1.54) is 5.57 Å². The summed E-state index contributed by atoms with van der Waals surface area (Å²) in [5, 5.41) is 0. The van der Waals surface area contributed by atoms with Crippen LogP contribution in [-0.2, 0) is 9.53 Å². The van der Waals surface area contributed by atoms with E-state index in [1.54, 1.807) is 6.08 Å². The molecular weight excluding hydrogens is 315 g/mol. The maximum absolute atomic E-state index is 11.5. The van der Waals surface area contributed by atoms with E-state index in [2.05, 4.69) is 49.1 Å². The van der Waals surface area contributed by atoms with Gasteiger partial charge in [0.05, 0.1) is 0 Å². The Morgan fingerprint density at radius 2 is 2.12 bits per heavy atom. The van der Waals surface area contributed by atoms with Crippen LogP contribution < -0.4 is 0 Å². The average Bonchev–Trinajstić information content (AvgIpc) is 2.16. The molecule has 0 radical (unpaired) electrons. The van der Waals surface area contributed by atoms with Crippen molar-refractivity contribution in [2.75, 3.05) is 0 Å². The Hall–Kier alpha value is -0.320. The summed E-state index contributed by atoms with van der Waals surface area (Å²) in [6.45, 7) is 11.6. The van der Waals surface area contributed by atoms with Gasteiger partial charge in [-0.05, 0) is 46.6 Å². The number of halogens is 1. The fraction of sp³-hybridized carbons (Fsp3) is 0.615. The third-order valence-electron chi connectivity index (χ3n) is 2.28. The Kier molecular flexibility index (Phi) is 6.95. The lowest BCUT2D eigenvalue weighted by atomic mass is 9.99. The lowest BCUT2D eigenvalue weighted by molar-refractivity contribution is -0.152. The highest BCUT2D eigenvalue weighted by molar-refractivity contribution is 14.1. The lowest BCUT2D eigenvalue weighted by Crippen LogP contribution is -2.31. The molecule has 0 fully saturated rings. The Bertz CT molecular complexity index is 278. The predicted octanol–water partition coefficient (Wildman–Crippen LogP) is 4.04. The van der Waals surface area contributed by atoms with Crippen LogP contribution in [0, 0.1) is 0 Å². The molecule has 3 heteroatoms. The molecule has 0 saturated carbocycles. The number of hydrogen-bond donors (Lipinski definition) is 0. The van der Waals surface area contributed by atoms with Crippen LogP contribution in [-0.4, -0.2) is 15.5 Å². The summed E-state index contributed by atoms with van der Waals surface area (Å²) in [5.41, 5.74) is 0.725. The highest BCUT2D eigenvalue weighted by Crippen LogP contribution is 2.21. The molecule has 0 aromatic carbocycles. The molecule has 0 rings (SSSR count). The minimum absolute atomic E-state index is 0.125. The number of esters is 1. The molecule has 0 heterocycles. The fourth-order valence-electron chi connectivity index (χ4n) is 1.15. The van der Waals surface area contributed by atoms with Gasteiger partial charge in [-0.3, -0.25) is 4.79 Å². The van der Waals surface area contributed by atoms with Crippen LogP contribution >= 0.6 is 22.6 Å². The summed E-state index contributed by atoms with van der Waals surface area (Å²) < 4.78 is 5.31. The maximum atomic E-state index is 11.5. The average molecular weight is 336 g/mol. The normalized spacial score (nSPS) is 15.8. The molecule has 0 spiro atoms. The smallest absolute Gasteiger partial charge is 0.319 e. The van der Waals surface area contributed by atoms with Crippen molar-refractivity contribution >= 4 is 28.6 Å². The molecule has 1 unspecified atom stereocenters. The second kappa shape index (κ2) is 7.09. The van der Waals surface area contributed by atoms with E-state index in [0.29, 0.717) is 0 Å². The van der Waals surface area contributed by atoms with E-state index in [0.717, 1.165) is 12.8 Å². The summed E-state index contributed by atoms with van der Waals surface area (Å²) in [6, 6.07) is 0. The van der Waals surface area contributed by atoms with Gasteiger partial charge in [0, 0.05) is 0 Å². The topological polar surface area (TPSA) is 26.3 Å². The van der Waals surface area contributed by atoms with E-state index >= 15 is 0 Å². The van der Waals surface area contributed by atoms with E-state index < -0.39 is 5.60 Å². The van der Waals surface area contributed by atoms with Gasteiger partial charge in [0.25, 0.3) is 0 Å². The first-order chi connectivity index (χ1) is 7.30. The zero-order valence-corrected chi connectivity index (χ0v) is 12.7. The fourth-order valence-corrected chi connectivity index (χ4v) is 1.28. The standard InChI is InChI=1S/C13H21IO2/c1-6-13(5,9-7-8-10(2)3)16-12(15)11(4)14/h6,8,11H,1,7,9H2,2-5H3/t11?,13-/m0/s1. The molecule has 0 aromatic heterocycles. The highest BCUT2D eigenvalue weighted by Gasteiger charge is 2.26. The molecule has 16 heavy (non-hydrogen) atoms. The highest BCUT2D eigenvalue weighted by atomic mass is 127. The quantitative estimate of drug-likeness (QED) is 0.317. The molecule has 2 nitrogen and oxygen atoms in total. The summed E-state index contributed by atoms with van der Waals surface area (Å²) in [6.07, 6.45) is 5.52. The van der Waals surface area contributed by atoms with Crippen LogP contribution in [0.25, 0.3) is 0 Å². The Labute approximate surface area is 112 Å². The van der Waals surface area contributed by atoms with Gasteiger partial charge >= 0.3 is 5.97 Å². The maximum Gasteiger partial charge on any atom is 0.319 e. The second-order valence-corrected chi connectivity index (χ2v) is 6.24. The van der Waals surface area contributed by atoms with Crippen LogP contribution in [0.4, 0.5) is 0 Å². The molecule has 0 aliphatic rings. The van der Waals surface area contributed by atoms with Gasteiger partial charge in [-0.15, -0.1) is 0 Å². The molecule has 0 saturated heterocycles. The van der Waals surface area contributed by atoms with Gasteiger partial charge in [0.2, 0.25) is 0 Å². The van der Waals surface area contributed by atoms with E-state index in [9.17, 15) is 4.79 Å². The molecule has 0 aliphatic heterocycles. The zero-order chi connectivity index (χ0) is 12.8. The molecule has 0 amide bonds. The van der Waals surface area contributed by atoms with Gasteiger partial charge in [-0.1, -0.05) is 40.8 Å². The molecular formula is C13H21IO2. The van der Waals surface area contributed by atoms with Crippen LogP contribution in [0.2, 0.25) is 0 Å². The number of hydrogen-bond acceptors (Lipinski definition) is 2. The number of carbonyl (C=O) groups is 1. The molecule has 2 atom stereocenters. The van der Waals surface area contributed by atoms with Gasteiger partial charge < -0.3 is 4.74 Å². The SMILES string of the molecule is C=C[C@@](C)(CCC=C(C)C)OC(=O)C(C)I. The number of alkyl halides is 1. The van der Waals surface area contributed by atoms with Crippen molar-refractivity contribution in [1.82, 2.24) is 0 Å². The summed E-state index contributed by atoms with van der Waals surface area (Å²) in [4.78, 5) is 11.5. The van der Waals surface area contributed by atoms with Crippen molar-refractivity contribution in [2.24, 2.45) is 0 Å². The van der Waals surface area contributed by atoms with Crippen molar-refractivity contribution in [3.63, 3.8) is 0 Å². The zero-order valence-electron chi connectivity index (χ0n) is 10.5. The third kappa shape index (κ3) is 6.30. The van der Waals surface area contributed by atoms with E-state index in [-0.39, 0.29) is 9.89 Å². The van der Waals surface area contributed by atoms with Gasteiger partial charge in [-0.25, -0.2) is 0 Å².